The van der Waals surface area contributed by atoms with E-state index >= 15 is 0 Å². The van der Waals surface area contributed by atoms with Crippen molar-refractivity contribution in [3.05, 3.63) is 30.1 Å². The molecular formula is C19H25F3N2O4. The van der Waals surface area contributed by atoms with Crippen LogP contribution in [0.1, 0.15) is 38.3 Å². The number of carbonyl (C=O) groups is 2. The molecule has 0 bridgehead atoms. The lowest BCUT2D eigenvalue weighted by Gasteiger charge is -2.51. The Bertz CT molecular complexity index is 651. The van der Waals surface area contributed by atoms with Crippen LogP contribution >= 0.6 is 0 Å². The molecule has 3 rings (SSSR count). The third-order valence-corrected chi connectivity index (χ3v) is 5.20. The Morgan fingerprint density at radius 3 is 2.36 bits per heavy atom. The summed E-state index contributed by atoms with van der Waals surface area (Å²) < 4.78 is 37.4. The number of likely N-dealkylation sites (tertiary alicyclic amines) is 1. The molecule has 2 heterocycles. The summed E-state index contributed by atoms with van der Waals surface area (Å²) in [6, 6.07) is 5.73. The Labute approximate surface area is 161 Å². The fourth-order valence-electron chi connectivity index (χ4n) is 3.67. The van der Waals surface area contributed by atoms with Crippen LogP contribution in [0.3, 0.4) is 0 Å². The van der Waals surface area contributed by atoms with E-state index in [1.807, 2.05) is 23.1 Å². The standard InChI is InChI=1S/C17H24N2O2.C2HF3O2/c1-2-21-15-12-17(13-15)6-9-19(10-7-17)16(20)11-14-5-3-4-8-18-14;3-2(4,5)1(6)7/h3-5,8,15H,2,6-7,9-13H2,1H3;(H,6,7). The van der Waals surface area contributed by atoms with Crippen LogP contribution in [0.25, 0.3) is 0 Å². The van der Waals surface area contributed by atoms with Gasteiger partial charge in [0.2, 0.25) is 5.91 Å². The molecule has 0 aromatic carbocycles. The van der Waals surface area contributed by atoms with E-state index in [-0.39, 0.29) is 5.91 Å². The van der Waals surface area contributed by atoms with Gasteiger partial charge in [0.25, 0.3) is 0 Å². The van der Waals surface area contributed by atoms with Gasteiger partial charge in [-0.3, -0.25) is 9.78 Å². The molecule has 0 radical (unpaired) electrons. The monoisotopic (exact) mass is 402 g/mol. The first-order chi connectivity index (χ1) is 13.1. The number of carboxylic acid groups (broad SMARTS) is 1. The number of ether oxygens (including phenoxy) is 1. The van der Waals surface area contributed by atoms with Crippen molar-refractivity contribution in [2.45, 2.75) is 51.3 Å². The minimum absolute atomic E-state index is 0.212. The van der Waals surface area contributed by atoms with E-state index in [2.05, 4.69) is 11.9 Å². The molecule has 1 spiro atoms. The van der Waals surface area contributed by atoms with Crippen molar-refractivity contribution < 1.29 is 32.6 Å². The van der Waals surface area contributed by atoms with Crippen LogP contribution in [0.4, 0.5) is 13.2 Å². The Kier molecular flexibility index (Phi) is 7.40. The third-order valence-electron chi connectivity index (χ3n) is 5.20. The minimum Gasteiger partial charge on any atom is -0.475 e. The molecular weight excluding hydrogens is 377 g/mol. The van der Waals surface area contributed by atoms with E-state index in [4.69, 9.17) is 14.6 Å². The van der Waals surface area contributed by atoms with Gasteiger partial charge in [-0.25, -0.2) is 4.79 Å². The first kappa shape index (κ1) is 22.1. The highest BCUT2D eigenvalue weighted by atomic mass is 19.4. The van der Waals surface area contributed by atoms with Crippen LogP contribution < -0.4 is 0 Å². The number of aliphatic carboxylic acids is 1. The molecule has 28 heavy (non-hydrogen) atoms. The second-order valence-electron chi connectivity index (χ2n) is 7.17. The van der Waals surface area contributed by atoms with E-state index in [1.165, 1.54) is 12.8 Å². The van der Waals surface area contributed by atoms with Gasteiger partial charge in [-0.05, 0) is 50.2 Å². The summed E-state index contributed by atoms with van der Waals surface area (Å²) >= 11 is 0. The van der Waals surface area contributed by atoms with E-state index in [9.17, 15) is 18.0 Å². The van der Waals surface area contributed by atoms with Gasteiger partial charge in [0.15, 0.2) is 0 Å². The van der Waals surface area contributed by atoms with E-state index in [0.29, 0.717) is 17.9 Å². The van der Waals surface area contributed by atoms with Crippen molar-refractivity contribution >= 4 is 11.9 Å². The lowest BCUT2D eigenvalue weighted by Crippen LogP contribution is -2.51. The molecule has 1 aliphatic heterocycles. The van der Waals surface area contributed by atoms with Gasteiger partial charge in [0.05, 0.1) is 12.5 Å². The molecule has 1 aromatic rings. The van der Waals surface area contributed by atoms with Crippen molar-refractivity contribution in [3.8, 4) is 0 Å². The quantitative estimate of drug-likeness (QED) is 0.837. The van der Waals surface area contributed by atoms with Crippen molar-refractivity contribution in [1.29, 1.82) is 0 Å². The number of rotatable bonds is 4. The van der Waals surface area contributed by atoms with Gasteiger partial charge in [-0.2, -0.15) is 13.2 Å². The second-order valence-corrected chi connectivity index (χ2v) is 7.17. The fraction of sp³-hybridized carbons (Fsp3) is 0.632. The number of piperidine rings is 1. The van der Waals surface area contributed by atoms with E-state index in [1.54, 1.807) is 6.20 Å². The first-order valence-electron chi connectivity index (χ1n) is 9.24. The van der Waals surface area contributed by atoms with Gasteiger partial charge < -0.3 is 14.7 Å². The van der Waals surface area contributed by atoms with Crippen LogP contribution in [0.15, 0.2) is 24.4 Å². The molecule has 2 aliphatic rings. The van der Waals surface area contributed by atoms with Gasteiger partial charge >= 0.3 is 12.1 Å². The molecule has 9 heteroatoms. The zero-order chi connectivity index (χ0) is 20.8. The normalized spacial score (nSPS) is 18.8. The molecule has 0 atom stereocenters. The van der Waals surface area contributed by atoms with Gasteiger partial charge in [0.1, 0.15) is 0 Å². The van der Waals surface area contributed by atoms with Crippen LogP contribution in [0.5, 0.6) is 0 Å². The number of hydrogen-bond donors (Lipinski definition) is 1. The third kappa shape index (κ3) is 6.19. The van der Waals surface area contributed by atoms with Crippen LogP contribution in [0, 0.1) is 5.41 Å². The lowest BCUT2D eigenvalue weighted by molar-refractivity contribution is -0.192. The van der Waals surface area contributed by atoms with E-state index in [0.717, 1.165) is 38.2 Å². The largest absolute Gasteiger partial charge is 0.490 e. The summed E-state index contributed by atoms with van der Waals surface area (Å²) in [5.74, 6) is -2.54. The number of carboxylic acids is 1. The summed E-state index contributed by atoms with van der Waals surface area (Å²) in [7, 11) is 0. The SMILES string of the molecule is CCOC1CC2(CCN(C(=O)Cc3ccccn3)CC2)C1.O=C(O)C(F)(F)F. The predicted octanol–water partition coefficient (Wildman–Crippen LogP) is 3.07. The van der Waals surface area contributed by atoms with Crippen LogP contribution in [0.2, 0.25) is 0 Å². The summed E-state index contributed by atoms with van der Waals surface area (Å²) in [5.41, 5.74) is 1.32. The van der Waals surface area contributed by atoms with E-state index < -0.39 is 12.1 Å². The molecule has 1 amide bonds. The number of hydrogen-bond acceptors (Lipinski definition) is 4. The molecule has 1 saturated heterocycles. The molecule has 1 saturated carbocycles. The summed E-state index contributed by atoms with van der Waals surface area (Å²) in [6.45, 7) is 4.66. The highest BCUT2D eigenvalue weighted by Gasteiger charge is 2.46. The fourth-order valence-corrected chi connectivity index (χ4v) is 3.67. The molecule has 1 N–H and O–H groups in total. The van der Waals surface area contributed by atoms with Crippen molar-refractivity contribution in [2.24, 2.45) is 5.41 Å². The van der Waals surface area contributed by atoms with Crippen molar-refractivity contribution in [1.82, 2.24) is 9.88 Å². The number of carbonyl (C=O) groups excluding carboxylic acids is 1. The van der Waals surface area contributed by atoms with Gasteiger partial charge in [-0.1, -0.05) is 6.07 Å². The number of halogens is 3. The molecule has 0 unspecified atom stereocenters. The van der Waals surface area contributed by atoms with Crippen LogP contribution in [-0.4, -0.2) is 58.8 Å². The molecule has 1 aromatic heterocycles. The Morgan fingerprint density at radius 2 is 1.89 bits per heavy atom. The highest BCUT2D eigenvalue weighted by molar-refractivity contribution is 5.78. The minimum atomic E-state index is -5.08. The first-order valence-corrected chi connectivity index (χ1v) is 9.24. The van der Waals surface area contributed by atoms with Crippen molar-refractivity contribution in [2.75, 3.05) is 19.7 Å². The van der Waals surface area contributed by atoms with Crippen LogP contribution in [-0.2, 0) is 20.7 Å². The molecule has 2 fully saturated rings. The zero-order valence-corrected chi connectivity index (χ0v) is 15.7. The number of amides is 1. The smallest absolute Gasteiger partial charge is 0.475 e. The second kappa shape index (κ2) is 9.36. The number of nitrogens with zero attached hydrogens (tertiary/aromatic N) is 2. The number of aromatic nitrogens is 1. The Morgan fingerprint density at radius 1 is 1.29 bits per heavy atom. The maximum Gasteiger partial charge on any atom is 0.490 e. The molecule has 6 nitrogen and oxygen atoms in total. The molecule has 156 valence electrons. The number of pyridine rings is 1. The Hall–Kier alpha value is -2.16. The van der Waals surface area contributed by atoms with Gasteiger partial charge in [-0.15, -0.1) is 0 Å². The maximum atomic E-state index is 12.3. The van der Waals surface area contributed by atoms with Crippen molar-refractivity contribution in [3.63, 3.8) is 0 Å². The molecule has 1 aliphatic carbocycles. The summed E-state index contributed by atoms with van der Waals surface area (Å²) in [6.07, 6.45) is 2.18. The average Bonchev–Trinajstić information content (AvgIpc) is 2.62. The zero-order valence-electron chi connectivity index (χ0n) is 15.7. The highest BCUT2D eigenvalue weighted by Crippen LogP contribution is 2.50. The number of alkyl halides is 3. The predicted molar refractivity (Wildman–Crippen MR) is 94.5 cm³/mol. The topological polar surface area (TPSA) is 79.7 Å². The van der Waals surface area contributed by atoms with Gasteiger partial charge in [0, 0.05) is 31.6 Å². The summed E-state index contributed by atoms with van der Waals surface area (Å²) in [5, 5.41) is 7.12. The Balaban J connectivity index is 0.000000345. The lowest BCUT2D eigenvalue weighted by atomic mass is 9.61. The maximum absolute atomic E-state index is 12.3. The average molecular weight is 402 g/mol. The summed E-state index contributed by atoms with van der Waals surface area (Å²) in [4.78, 5) is 27.5.